The van der Waals surface area contributed by atoms with Crippen LogP contribution in [0.4, 0.5) is 0 Å². The average molecular weight is 222 g/mol. The van der Waals surface area contributed by atoms with Crippen molar-refractivity contribution in [1.29, 1.82) is 0 Å². The van der Waals surface area contributed by atoms with Gasteiger partial charge in [-0.2, -0.15) is 0 Å². The molecule has 1 fully saturated rings. The van der Waals surface area contributed by atoms with Crippen LogP contribution in [-0.4, -0.2) is 18.0 Å². The SMILES string of the molecule is CSc1ccc(C2(CO)CC2(C)C)cc1. The molecule has 0 spiro atoms. The number of aliphatic hydroxyl groups is 1. The summed E-state index contributed by atoms with van der Waals surface area (Å²) in [4.78, 5) is 1.28. The maximum atomic E-state index is 9.57. The molecule has 15 heavy (non-hydrogen) atoms. The first-order valence-corrected chi connectivity index (χ1v) is 6.54. The van der Waals surface area contributed by atoms with Crippen molar-refractivity contribution < 1.29 is 5.11 Å². The molecule has 1 saturated carbocycles. The predicted molar refractivity (Wildman–Crippen MR) is 65.4 cm³/mol. The van der Waals surface area contributed by atoms with E-state index in [0.29, 0.717) is 0 Å². The molecule has 1 unspecified atom stereocenters. The van der Waals surface area contributed by atoms with Gasteiger partial charge in [0.15, 0.2) is 0 Å². The molecule has 1 aromatic carbocycles. The third kappa shape index (κ3) is 1.60. The molecule has 0 aliphatic heterocycles. The van der Waals surface area contributed by atoms with Crippen LogP contribution in [0.2, 0.25) is 0 Å². The smallest absolute Gasteiger partial charge is 0.0533 e. The molecule has 0 heterocycles. The number of hydrogen-bond donors (Lipinski definition) is 1. The first kappa shape index (κ1) is 11.0. The number of hydrogen-bond acceptors (Lipinski definition) is 2. The fourth-order valence-electron chi connectivity index (χ4n) is 2.47. The van der Waals surface area contributed by atoms with Crippen LogP contribution in [-0.2, 0) is 5.41 Å². The Hall–Kier alpha value is -0.470. The molecule has 1 atom stereocenters. The van der Waals surface area contributed by atoms with E-state index in [9.17, 15) is 5.11 Å². The van der Waals surface area contributed by atoms with E-state index >= 15 is 0 Å². The molecule has 82 valence electrons. The molecule has 1 aliphatic rings. The van der Waals surface area contributed by atoms with Crippen LogP contribution in [0.5, 0.6) is 0 Å². The van der Waals surface area contributed by atoms with Gasteiger partial charge in [-0.25, -0.2) is 0 Å². The van der Waals surface area contributed by atoms with Crippen molar-refractivity contribution in [3.05, 3.63) is 29.8 Å². The maximum Gasteiger partial charge on any atom is 0.0533 e. The van der Waals surface area contributed by atoms with Crippen molar-refractivity contribution in [3.63, 3.8) is 0 Å². The van der Waals surface area contributed by atoms with Gasteiger partial charge >= 0.3 is 0 Å². The Balaban J connectivity index is 2.30. The maximum absolute atomic E-state index is 9.57. The highest BCUT2D eigenvalue weighted by Gasteiger charge is 2.61. The number of thioether (sulfide) groups is 1. The van der Waals surface area contributed by atoms with Crippen molar-refractivity contribution in [1.82, 2.24) is 0 Å². The van der Waals surface area contributed by atoms with Crippen LogP contribution < -0.4 is 0 Å². The van der Waals surface area contributed by atoms with Gasteiger partial charge in [0, 0.05) is 10.3 Å². The topological polar surface area (TPSA) is 20.2 Å². The largest absolute Gasteiger partial charge is 0.395 e. The van der Waals surface area contributed by atoms with Gasteiger partial charge in [-0.3, -0.25) is 0 Å². The summed E-state index contributed by atoms with van der Waals surface area (Å²) in [6.07, 6.45) is 3.17. The van der Waals surface area contributed by atoms with Gasteiger partial charge in [0.1, 0.15) is 0 Å². The molecular weight excluding hydrogens is 204 g/mol. The van der Waals surface area contributed by atoms with Crippen molar-refractivity contribution >= 4 is 11.8 Å². The Morgan fingerprint density at radius 1 is 1.27 bits per heavy atom. The molecule has 0 saturated heterocycles. The summed E-state index contributed by atoms with van der Waals surface area (Å²) in [5, 5.41) is 9.57. The van der Waals surface area contributed by atoms with Crippen LogP contribution in [0, 0.1) is 5.41 Å². The summed E-state index contributed by atoms with van der Waals surface area (Å²) >= 11 is 1.75. The Kier molecular flexibility index (Phi) is 2.60. The van der Waals surface area contributed by atoms with E-state index in [4.69, 9.17) is 0 Å². The first-order chi connectivity index (χ1) is 7.05. The standard InChI is InChI=1S/C13H18OS/c1-12(2)8-13(12,9-14)10-4-6-11(15-3)7-5-10/h4-7,14H,8-9H2,1-3H3. The second-order valence-electron chi connectivity index (χ2n) is 5.03. The molecular formula is C13H18OS. The van der Waals surface area contributed by atoms with Gasteiger partial charge in [-0.15, -0.1) is 11.8 Å². The highest BCUT2D eigenvalue weighted by Crippen LogP contribution is 2.63. The highest BCUT2D eigenvalue weighted by atomic mass is 32.2. The molecule has 2 rings (SSSR count). The third-order valence-electron chi connectivity index (χ3n) is 3.83. The lowest BCUT2D eigenvalue weighted by Gasteiger charge is -2.18. The van der Waals surface area contributed by atoms with Gasteiger partial charge in [0.2, 0.25) is 0 Å². The van der Waals surface area contributed by atoms with Gasteiger partial charge in [-0.05, 0) is 35.8 Å². The minimum Gasteiger partial charge on any atom is -0.395 e. The van der Waals surface area contributed by atoms with Gasteiger partial charge in [0.05, 0.1) is 6.61 Å². The van der Waals surface area contributed by atoms with Crippen LogP contribution in [0.3, 0.4) is 0 Å². The van der Waals surface area contributed by atoms with E-state index in [0.717, 1.165) is 6.42 Å². The van der Waals surface area contributed by atoms with Gasteiger partial charge in [0.25, 0.3) is 0 Å². The molecule has 0 aromatic heterocycles. The second-order valence-corrected chi connectivity index (χ2v) is 5.91. The summed E-state index contributed by atoms with van der Waals surface area (Å²) in [5.74, 6) is 0. The zero-order valence-electron chi connectivity index (χ0n) is 9.58. The minimum absolute atomic E-state index is 0.0178. The van der Waals surface area contributed by atoms with E-state index < -0.39 is 0 Å². The first-order valence-electron chi connectivity index (χ1n) is 5.31. The zero-order valence-corrected chi connectivity index (χ0v) is 10.4. The van der Waals surface area contributed by atoms with Gasteiger partial charge < -0.3 is 5.11 Å². The zero-order chi connectivity index (χ0) is 11.1. The second kappa shape index (κ2) is 3.53. The van der Waals surface area contributed by atoms with E-state index in [1.54, 1.807) is 11.8 Å². The molecule has 1 N–H and O–H groups in total. The minimum atomic E-state index is 0.0178. The Morgan fingerprint density at radius 2 is 1.80 bits per heavy atom. The number of benzene rings is 1. The van der Waals surface area contributed by atoms with Crippen molar-refractivity contribution in [2.45, 2.75) is 30.6 Å². The van der Waals surface area contributed by atoms with Gasteiger partial charge in [-0.1, -0.05) is 26.0 Å². The summed E-state index contributed by atoms with van der Waals surface area (Å²) in [6, 6.07) is 8.62. The lowest BCUT2D eigenvalue weighted by Crippen LogP contribution is -2.19. The van der Waals surface area contributed by atoms with Crippen LogP contribution >= 0.6 is 11.8 Å². The lowest BCUT2D eigenvalue weighted by atomic mass is 9.89. The quantitative estimate of drug-likeness (QED) is 0.793. The number of aliphatic hydroxyl groups excluding tert-OH is 1. The van der Waals surface area contributed by atoms with Crippen molar-refractivity contribution in [2.24, 2.45) is 5.41 Å². The molecule has 0 radical (unpaired) electrons. The molecule has 1 nitrogen and oxygen atoms in total. The van der Waals surface area contributed by atoms with Crippen LogP contribution in [0.1, 0.15) is 25.8 Å². The Morgan fingerprint density at radius 3 is 2.13 bits per heavy atom. The molecule has 2 heteroatoms. The van der Waals surface area contributed by atoms with Crippen molar-refractivity contribution in [3.8, 4) is 0 Å². The highest BCUT2D eigenvalue weighted by molar-refractivity contribution is 7.98. The molecule has 0 amide bonds. The molecule has 1 aromatic rings. The fraction of sp³-hybridized carbons (Fsp3) is 0.538. The molecule has 1 aliphatic carbocycles. The summed E-state index contributed by atoms with van der Waals surface area (Å²) < 4.78 is 0. The number of rotatable bonds is 3. The summed E-state index contributed by atoms with van der Waals surface area (Å²) in [6.45, 7) is 4.72. The third-order valence-corrected chi connectivity index (χ3v) is 4.57. The van der Waals surface area contributed by atoms with Crippen LogP contribution in [0.25, 0.3) is 0 Å². The van der Waals surface area contributed by atoms with Crippen molar-refractivity contribution in [2.75, 3.05) is 12.9 Å². The molecule has 0 bridgehead atoms. The normalized spacial score (nSPS) is 27.7. The Bertz CT molecular complexity index is 355. The summed E-state index contributed by atoms with van der Waals surface area (Å²) in [7, 11) is 0. The fourth-order valence-corrected chi connectivity index (χ4v) is 2.88. The van der Waals surface area contributed by atoms with E-state index in [-0.39, 0.29) is 17.4 Å². The van der Waals surface area contributed by atoms with E-state index in [1.165, 1.54) is 10.5 Å². The summed E-state index contributed by atoms with van der Waals surface area (Å²) in [5.41, 5.74) is 1.56. The van der Waals surface area contributed by atoms with E-state index in [2.05, 4.69) is 44.4 Å². The lowest BCUT2D eigenvalue weighted by molar-refractivity contribution is 0.231. The average Bonchev–Trinajstić information content (AvgIpc) is 2.82. The monoisotopic (exact) mass is 222 g/mol. The van der Waals surface area contributed by atoms with Crippen LogP contribution in [0.15, 0.2) is 29.2 Å². The Labute approximate surface area is 95.9 Å². The van der Waals surface area contributed by atoms with E-state index in [1.807, 2.05) is 0 Å². The predicted octanol–water partition coefficient (Wildman–Crippen LogP) is 3.07.